The maximum absolute atomic E-state index is 11.1. The molecule has 3 atom stereocenters. The number of hydrogen-bond acceptors (Lipinski definition) is 3. The van der Waals surface area contributed by atoms with Gasteiger partial charge in [0.25, 0.3) is 0 Å². The van der Waals surface area contributed by atoms with Gasteiger partial charge >= 0.3 is 5.97 Å². The topological polar surface area (TPSA) is 60.8 Å². The molecule has 0 unspecified atom stereocenters. The molecule has 0 aliphatic carbocycles. The lowest BCUT2D eigenvalue weighted by atomic mass is 9.95. The lowest BCUT2D eigenvalue weighted by Crippen LogP contribution is -2.53. The second-order valence-corrected chi connectivity index (χ2v) is 4.30. The number of aliphatic hydroxyl groups is 1. The van der Waals surface area contributed by atoms with Crippen molar-refractivity contribution in [3.8, 4) is 0 Å². The number of aliphatic carboxylic acids is 1. The largest absolute Gasteiger partial charge is 0.480 e. The highest BCUT2D eigenvalue weighted by molar-refractivity contribution is 5.73. The van der Waals surface area contributed by atoms with Gasteiger partial charge in [0.1, 0.15) is 6.04 Å². The van der Waals surface area contributed by atoms with Crippen LogP contribution < -0.4 is 0 Å². The van der Waals surface area contributed by atoms with Gasteiger partial charge in [-0.15, -0.1) is 0 Å². The Labute approximate surface area is 90.9 Å². The second-order valence-electron chi connectivity index (χ2n) is 4.30. The average molecular weight is 215 g/mol. The van der Waals surface area contributed by atoms with Gasteiger partial charge in [-0.2, -0.15) is 0 Å². The molecule has 2 N–H and O–H groups in total. The molecule has 0 amide bonds. The number of carbonyl (C=O) groups is 1. The van der Waals surface area contributed by atoms with Crippen molar-refractivity contribution < 1.29 is 15.0 Å². The fourth-order valence-electron chi connectivity index (χ4n) is 2.44. The van der Waals surface area contributed by atoms with Gasteiger partial charge in [0.15, 0.2) is 0 Å². The SMILES string of the molecule is CC[C@H](C(=O)O)N1CCCC[C@H]1[C@@H](C)O. The molecular weight excluding hydrogens is 194 g/mol. The van der Waals surface area contributed by atoms with Crippen molar-refractivity contribution in [2.24, 2.45) is 0 Å². The summed E-state index contributed by atoms with van der Waals surface area (Å²) in [7, 11) is 0. The van der Waals surface area contributed by atoms with Crippen molar-refractivity contribution in [1.82, 2.24) is 4.90 Å². The molecule has 0 aromatic carbocycles. The molecule has 0 aromatic heterocycles. The summed E-state index contributed by atoms with van der Waals surface area (Å²) < 4.78 is 0. The predicted molar refractivity (Wildman–Crippen MR) is 57.7 cm³/mol. The summed E-state index contributed by atoms with van der Waals surface area (Å²) in [6.07, 6.45) is 3.17. The normalized spacial score (nSPS) is 27.3. The number of likely N-dealkylation sites (tertiary alicyclic amines) is 1. The van der Waals surface area contributed by atoms with Crippen molar-refractivity contribution in [1.29, 1.82) is 0 Å². The van der Waals surface area contributed by atoms with E-state index in [1.807, 2.05) is 11.8 Å². The highest BCUT2D eigenvalue weighted by Crippen LogP contribution is 2.23. The smallest absolute Gasteiger partial charge is 0.320 e. The van der Waals surface area contributed by atoms with Crippen LogP contribution in [0.3, 0.4) is 0 Å². The fraction of sp³-hybridized carbons (Fsp3) is 0.909. The number of carboxylic acid groups (broad SMARTS) is 1. The first-order valence-electron chi connectivity index (χ1n) is 5.74. The summed E-state index contributed by atoms with van der Waals surface area (Å²) in [5, 5.41) is 18.7. The van der Waals surface area contributed by atoms with Crippen LogP contribution in [0, 0.1) is 0 Å². The Morgan fingerprint density at radius 3 is 2.67 bits per heavy atom. The van der Waals surface area contributed by atoms with E-state index in [0.29, 0.717) is 6.42 Å². The average Bonchev–Trinajstić information content (AvgIpc) is 2.18. The van der Waals surface area contributed by atoms with Crippen molar-refractivity contribution in [2.75, 3.05) is 6.54 Å². The Morgan fingerprint density at radius 1 is 1.53 bits per heavy atom. The first kappa shape index (κ1) is 12.5. The van der Waals surface area contributed by atoms with Crippen LogP contribution in [0.15, 0.2) is 0 Å². The highest BCUT2D eigenvalue weighted by Gasteiger charge is 2.34. The molecule has 1 aliphatic rings. The fourth-order valence-corrected chi connectivity index (χ4v) is 2.44. The van der Waals surface area contributed by atoms with Crippen LogP contribution in [-0.2, 0) is 4.79 Å². The van der Waals surface area contributed by atoms with Crippen LogP contribution in [0.25, 0.3) is 0 Å². The summed E-state index contributed by atoms with van der Waals surface area (Å²) in [6, 6.07) is -0.426. The number of carboxylic acids is 1. The molecule has 1 fully saturated rings. The lowest BCUT2D eigenvalue weighted by molar-refractivity contribution is -0.146. The maximum atomic E-state index is 11.1. The van der Waals surface area contributed by atoms with E-state index >= 15 is 0 Å². The molecule has 1 rings (SSSR count). The van der Waals surface area contributed by atoms with E-state index in [9.17, 15) is 9.90 Å². The third kappa shape index (κ3) is 2.92. The van der Waals surface area contributed by atoms with Gasteiger partial charge in [0.05, 0.1) is 6.10 Å². The summed E-state index contributed by atoms with van der Waals surface area (Å²) in [5.74, 6) is -0.773. The van der Waals surface area contributed by atoms with Crippen LogP contribution in [0.4, 0.5) is 0 Å². The van der Waals surface area contributed by atoms with Gasteiger partial charge in [-0.3, -0.25) is 9.69 Å². The minimum Gasteiger partial charge on any atom is -0.480 e. The molecular formula is C11H21NO3. The van der Waals surface area contributed by atoms with Crippen LogP contribution in [0.5, 0.6) is 0 Å². The summed E-state index contributed by atoms with van der Waals surface area (Å²) in [6.45, 7) is 4.42. The summed E-state index contributed by atoms with van der Waals surface area (Å²) in [4.78, 5) is 13.0. The van der Waals surface area contributed by atoms with E-state index in [1.54, 1.807) is 6.92 Å². The minimum atomic E-state index is -0.773. The Hall–Kier alpha value is -0.610. The Balaban J connectivity index is 2.73. The molecule has 0 radical (unpaired) electrons. The molecule has 0 aromatic rings. The number of piperidine rings is 1. The number of nitrogens with zero attached hydrogens (tertiary/aromatic N) is 1. The maximum Gasteiger partial charge on any atom is 0.320 e. The van der Waals surface area contributed by atoms with E-state index in [1.165, 1.54) is 0 Å². The third-order valence-corrected chi connectivity index (χ3v) is 3.22. The van der Waals surface area contributed by atoms with Crippen LogP contribution >= 0.6 is 0 Å². The molecule has 4 nitrogen and oxygen atoms in total. The molecule has 15 heavy (non-hydrogen) atoms. The zero-order chi connectivity index (χ0) is 11.4. The van der Waals surface area contributed by atoms with E-state index in [2.05, 4.69) is 0 Å². The van der Waals surface area contributed by atoms with Crippen molar-refractivity contribution in [3.05, 3.63) is 0 Å². The first-order valence-corrected chi connectivity index (χ1v) is 5.74. The van der Waals surface area contributed by atoms with Crippen molar-refractivity contribution in [2.45, 2.75) is 57.7 Å². The van der Waals surface area contributed by atoms with Gasteiger partial charge in [-0.1, -0.05) is 13.3 Å². The molecule has 0 saturated carbocycles. The Kier molecular flexibility index (Phi) is 4.54. The molecule has 0 spiro atoms. The molecule has 4 heteroatoms. The van der Waals surface area contributed by atoms with Crippen molar-refractivity contribution in [3.63, 3.8) is 0 Å². The first-order chi connectivity index (χ1) is 7.07. The predicted octanol–water partition coefficient (Wildman–Crippen LogP) is 1.08. The summed E-state index contributed by atoms with van der Waals surface area (Å²) in [5.41, 5.74) is 0. The monoisotopic (exact) mass is 215 g/mol. The Bertz CT molecular complexity index is 218. The van der Waals surface area contributed by atoms with E-state index < -0.39 is 18.1 Å². The van der Waals surface area contributed by atoms with Gasteiger partial charge < -0.3 is 10.2 Å². The third-order valence-electron chi connectivity index (χ3n) is 3.22. The van der Waals surface area contributed by atoms with Gasteiger partial charge in [-0.25, -0.2) is 0 Å². The van der Waals surface area contributed by atoms with Gasteiger partial charge in [-0.05, 0) is 32.7 Å². The second kappa shape index (κ2) is 5.47. The standard InChI is InChI=1S/C11H21NO3/c1-3-9(11(14)15)12-7-5-4-6-10(12)8(2)13/h8-10,13H,3-7H2,1-2H3,(H,14,15)/t8-,9-,10+/m1/s1. The molecule has 1 aliphatic heterocycles. The molecule has 88 valence electrons. The molecule has 1 heterocycles. The van der Waals surface area contributed by atoms with Crippen LogP contribution in [0.1, 0.15) is 39.5 Å². The van der Waals surface area contributed by atoms with Crippen LogP contribution in [0.2, 0.25) is 0 Å². The quantitative estimate of drug-likeness (QED) is 0.737. The lowest BCUT2D eigenvalue weighted by Gasteiger charge is -2.40. The number of hydrogen-bond donors (Lipinski definition) is 2. The zero-order valence-electron chi connectivity index (χ0n) is 9.52. The molecule has 0 bridgehead atoms. The van der Waals surface area contributed by atoms with E-state index in [-0.39, 0.29) is 6.04 Å². The van der Waals surface area contributed by atoms with E-state index in [4.69, 9.17) is 5.11 Å². The van der Waals surface area contributed by atoms with Gasteiger partial charge in [0.2, 0.25) is 0 Å². The van der Waals surface area contributed by atoms with Crippen molar-refractivity contribution >= 4 is 5.97 Å². The molecule has 1 saturated heterocycles. The summed E-state index contributed by atoms with van der Waals surface area (Å²) >= 11 is 0. The Morgan fingerprint density at radius 2 is 2.20 bits per heavy atom. The van der Waals surface area contributed by atoms with Crippen LogP contribution in [-0.4, -0.2) is 45.8 Å². The minimum absolute atomic E-state index is 0.0137. The number of aliphatic hydroxyl groups excluding tert-OH is 1. The van der Waals surface area contributed by atoms with E-state index in [0.717, 1.165) is 25.8 Å². The zero-order valence-corrected chi connectivity index (χ0v) is 9.52. The van der Waals surface area contributed by atoms with Gasteiger partial charge in [0, 0.05) is 6.04 Å². The highest BCUT2D eigenvalue weighted by atomic mass is 16.4. The number of rotatable bonds is 4.